The highest BCUT2D eigenvalue weighted by atomic mass is 19.4. The van der Waals surface area contributed by atoms with Crippen LogP contribution in [0, 0.1) is 12.8 Å². The highest BCUT2D eigenvalue weighted by Crippen LogP contribution is 2.34. The van der Waals surface area contributed by atoms with Gasteiger partial charge in [-0.2, -0.15) is 18.3 Å². The SMILES string of the molecule is Cc1cc(Nc2nccc(C(F)(F)F)n2)cc(-c2cnn(CC3(O)CCC(C(=O)O)CC3)c2)c1. The zero-order valence-electron chi connectivity index (χ0n) is 18.4. The van der Waals surface area contributed by atoms with Crippen molar-refractivity contribution in [2.45, 2.75) is 50.9 Å². The quantitative estimate of drug-likeness (QED) is 0.484. The number of nitrogens with one attached hydrogen (secondary N) is 1. The molecule has 0 saturated heterocycles. The maximum absolute atomic E-state index is 12.9. The van der Waals surface area contributed by atoms with Gasteiger partial charge in [-0.15, -0.1) is 0 Å². The molecule has 0 bridgehead atoms. The predicted octanol–water partition coefficient (Wildman–Crippen LogP) is 4.42. The lowest BCUT2D eigenvalue weighted by Gasteiger charge is -2.34. The Morgan fingerprint density at radius 2 is 1.97 bits per heavy atom. The highest BCUT2D eigenvalue weighted by Gasteiger charge is 2.36. The van der Waals surface area contributed by atoms with Crippen molar-refractivity contribution in [1.29, 1.82) is 0 Å². The van der Waals surface area contributed by atoms with Gasteiger partial charge in [-0.3, -0.25) is 9.48 Å². The summed E-state index contributed by atoms with van der Waals surface area (Å²) in [4.78, 5) is 18.6. The fraction of sp³-hybridized carbons (Fsp3) is 0.391. The second kappa shape index (κ2) is 9.05. The summed E-state index contributed by atoms with van der Waals surface area (Å²) in [6.45, 7) is 2.10. The molecule has 0 aliphatic heterocycles. The van der Waals surface area contributed by atoms with Crippen molar-refractivity contribution in [1.82, 2.24) is 19.7 Å². The van der Waals surface area contributed by atoms with E-state index in [9.17, 15) is 23.1 Å². The van der Waals surface area contributed by atoms with Crippen molar-refractivity contribution < 1.29 is 28.2 Å². The van der Waals surface area contributed by atoms with E-state index < -0.39 is 29.4 Å². The molecule has 3 aromatic rings. The molecular formula is C23H24F3N5O3. The maximum Gasteiger partial charge on any atom is 0.433 e. The van der Waals surface area contributed by atoms with Crippen LogP contribution in [-0.4, -0.2) is 41.5 Å². The first-order valence-electron chi connectivity index (χ1n) is 10.8. The van der Waals surface area contributed by atoms with E-state index in [0.717, 1.165) is 29.0 Å². The summed E-state index contributed by atoms with van der Waals surface area (Å²) in [6.07, 6.45) is 1.51. The minimum Gasteiger partial charge on any atom is -0.481 e. The Labute approximate surface area is 193 Å². The molecule has 0 atom stereocenters. The number of carbonyl (C=O) groups is 1. The third-order valence-electron chi connectivity index (χ3n) is 5.97. The van der Waals surface area contributed by atoms with Crippen molar-refractivity contribution in [3.05, 3.63) is 54.1 Å². The van der Waals surface area contributed by atoms with E-state index in [1.807, 2.05) is 13.0 Å². The molecule has 2 heterocycles. The standard InChI is InChI=1S/C23H24F3N5O3/c1-14-8-16(10-18(9-14)29-21-27-7-4-19(30-21)23(24,25)26)17-11-28-31(12-17)13-22(34)5-2-15(3-6-22)20(32)33/h4,7-12,15,34H,2-3,5-6,13H2,1H3,(H,32,33)(H,27,29,30). The summed E-state index contributed by atoms with van der Waals surface area (Å²) in [5.41, 5.74) is 0.879. The van der Waals surface area contributed by atoms with Crippen LogP contribution in [0.15, 0.2) is 42.9 Å². The number of aryl methyl sites for hydroxylation is 1. The largest absolute Gasteiger partial charge is 0.481 e. The van der Waals surface area contributed by atoms with Gasteiger partial charge in [-0.05, 0) is 61.9 Å². The summed E-state index contributed by atoms with van der Waals surface area (Å²) in [7, 11) is 0. The van der Waals surface area contributed by atoms with E-state index in [0.29, 0.717) is 31.4 Å². The van der Waals surface area contributed by atoms with Gasteiger partial charge in [0.1, 0.15) is 5.69 Å². The molecule has 2 aromatic heterocycles. The Bertz CT molecular complexity index is 1190. The number of nitrogens with zero attached hydrogens (tertiary/aromatic N) is 4. The van der Waals surface area contributed by atoms with Crippen molar-refractivity contribution >= 4 is 17.6 Å². The molecule has 3 N–H and O–H groups in total. The van der Waals surface area contributed by atoms with Gasteiger partial charge in [-0.1, -0.05) is 6.07 Å². The summed E-state index contributed by atoms with van der Waals surface area (Å²) in [6, 6.07) is 6.24. The zero-order valence-corrected chi connectivity index (χ0v) is 18.4. The second-order valence-electron chi connectivity index (χ2n) is 8.74. The number of aliphatic hydroxyl groups is 1. The Morgan fingerprint density at radius 1 is 1.24 bits per heavy atom. The topological polar surface area (TPSA) is 113 Å². The van der Waals surface area contributed by atoms with Gasteiger partial charge in [0.2, 0.25) is 5.95 Å². The number of anilines is 2. The van der Waals surface area contributed by atoms with Gasteiger partial charge < -0.3 is 15.5 Å². The first kappa shape index (κ1) is 23.7. The van der Waals surface area contributed by atoms with Gasteiger partial charge >= 0.3 is 12.1 Å². The third kappa shape index (κ3) is 5.53. The van der Waals surface area contributed by atoms with Gasteiger partial charge in [-0.25, -0.2) is 9.97 Å². The lowest BCUT2D eigenvalue weighted by molar-refractivity contribution is -0.145. The van der Waals surface area contributed by atoms with E-state index in [-0.39, 0.29) is 12.5 Å². The minimum atomic E-state index is -4.57. The zero-order chi connectivity index (χ0) is 24.5. The van der Waals surface area contributed by atoms with E-state index in [1.54, 1.807) is 29.2 Å². The lowest BCUT2D eigenvalue weighted by Crippen LogP contribution is -2.39. The minimum absolute atomic E-state index is 0.166. The van der Waals surface area contributed by atoms with Crippen LogP contribution in [-0.2, 0) is 17.5 Å². The number of hydrogen-bond acceptors (Lipinski definition) is 6. The number of carboxylic acid groups (broad SMARTS) is 1. The molecule has 4 rings (SSSR count). The van der Waals surface area contributed by atoms with Crippen molar-refractivity contribution in [2.24, 2.45) is 5.92 Å². The predicted molar refractivity (Wildman–Crippen MR) is 117 cm³/mol. The molecule has 0 unspecified atom stereocenters. The van der Waals surface area contributed by atoms with Gasteiger partial charge in [0.25, 0.3) is 0 Å². The second-order valence-corrected chi connectivity index (χ2v) is 8.74. The van der Waals surface area contributed by atoms with E-state index in [1.165, 1.54) is 0 Å². The Morgan fingerprint density at radius 3 is 2.65 bits per heavy atom. The molecular weight excluding hydrogens is 451 g/mol. The molecule has 11 heteroatoms. The van der Waals surface area contributed by atoms with Crippen LogP contribution in [0.1, 0.15) is 36.9 Å². The molecule has 1 aliphatic carbocycles. The smallest absolute Gasteiger partial charge is 0.433 e. The summed E-state index contributed by atoms with van der Waals surface area (Å²) >= 11 is 0. The lowest BCUT2D eigenvalue weighted by atomic mass is 9.79. The van der Waals surface area contributed by atoms with Gasteiger partial charge in [0.05, 0.1) is 24.3 Å². The van der Waals surface area contributed by atoms with Crippen LogP contribution < -0.4 is 5.32 Å². The molecule has 180 valence electrons. The number of aliphatic carboxylic acids is 1. The molecule has 1 aliphatic rings. The molecule has 1 aromatic carbocycles. The molecule has 1 saturated carbocycles. The number of halogens is 3. The van der Waals surface area contributed by atoms with Gasteiger partial charge in [0, 0.05) is 23.6 Å². The number of carboxylic acids is 1. The monoisotopic (exact) mass is 475 g/mol. The third-order valence-corrected chi connectivity index (χ3v) is 5.97. The van der Waals surface area contributed by atoms with Crippen molar-refractivity contribution in [2.75, 3.05) is 5.32 Å². The average Bonchev–Trinajstić information content (AvgIpc) is 3.21. The molecule has 1 fully saturated rings. The van der Waals surface area contributed by atoms with Crippen LogP contribution in [0.25, 0.3) is 11.1 Å². The summed E-state index contributed by atoms with van der Waals surface area (Å²) in [5, 5.41) is 27.2. The average molecular weight is 475 g/mol. The van der Waals surface area contributed by atoms with Crippen molar-refractivity contribution in [3.8, 4) is 11.1 Å². The van der Waals surface area contributed by atoms with E-state index in [4.69, 9.17) is 5.11 Å². The summed E-state index contributed by atoms with van der Waals surface area (Å²) < 4.78 is 40.4. The Balaban J connectivity index is 1.49. The maximum atomic E-state index is 12.9. The van der Waals surface area contributed by atoms with Crippen LogP contribution in [0.5, 0.6) is 0 Å². The Kier molecular flexibility index (Phi) is 6.30. The number of rotatable bonds is 6. The van der Waals surface area contributed by atoms with E-state index >= 15 is 0 Å². The van der Waals surface area contributed by atoms with E-state index in [2.05, 4.69) is 20.4 Å². The van der Waals surface area contributed by atoms with Crippen LogP contribution >= 0.6 is 0 Å². The number of aromatic nitrogens is 4. The molecule has 0 amide bonds. The molecule has 0 spiro atoms. The number of benzene rings is 1. The Hall–Kier alpha value is -3.47. The first-order chi connectivity index (χ1) is 16.0. The fourth-order valence-corrected chi connectivity index (χ4v) is 4.19. The van der Waals surface area contributed by atoms with Crippen molar-refractivity contribution in [3.63, 3.8) is 0 Å². The fourth-order valence-electron chi connectivity index (χ4n) is 4.19. The summed E-state index contributed by atoms with van der Waals surface area (Å²) in [5.74, 6) is -1.42. The first-order valence-corrected chi connectivity index (χ1v) is 10.8. The number of hydrogen-bond donors (Lipinski definition) is 3. The normalized spacial score (nSPS) is 20.8. The van der Waals surface area contributed by atoms with Crippen LogP contribution in [0.3, 0.4) is 0 Å². The molecule has 0 radical (unpaired) electrons. The highest BCUT2D eigenvalue weighted by molar-refractivity contribution is 5.70. The molecule has 34 heavy (non-hydrogen) atoms. The number of alkyl halides is 3. The van der Waals surface area contributed by atoms with Crippen LogP contribution in [0.4, 0.5) is 24.8 Å². The van der Waals surface area contributed by atoms with Gasteiger partial charge in [0.15, 0.2) is 0 Å². The molecule has 8 nitrogen and oxygen atoms in total. The van der Waals surface area contributed by atoms with Crippen LogP contribution in [0.2, 0.25) is 0 Å².